The van der Waals surface area contributed by atoms with Crippen LogP contribution in [0.25, 0.3) is 0 Å². The third kappa shape index (κ3) is 5.00. The molecule has 0 radical (unpaired) electrons. The molecule has 2 unspecified atom stereocenters. The molecule has 1 aromatic rings. The van der Waals surface area contributed by atoms with E-state index in [4.69, 9.17) is 4.43 Å². The zero-order valence-corrected chi connectivity index (χ0v) is 20.3. The van der Waals surface area contributed by atoms with Gasteiger partial charge in [0.15, 0.2) is 8.32 Å². The summed E-state index contributed by atoms with van der Waals surface area (Å²) in [5.74, 6) is 0.350. The molecule has 0 bridgehead atoms. The average Bonchev–Trinajstić information content (AvgIpc) is 3.23. The molecule has 2 rings (SSSR count). The average molecular weight is 487 g/mol. The summed E-state index contributed by atoms with van der Waals surface area (Å²) in [5.41, 5.74) is 1.38. The van der Waals surface area contributed by atoms with E-state index in [-0.39, 0.29) is 22.7 Å². The lowest BCUT2D eigenvalue weighted by molar-refractivity contribution is 0.0979. The first kappa shape index (κ1) is 22.1. The van der Waals surface area contributed by atoms with E-state index in [9.17, 15) is 5.11 Å². The predicted molar refractivity (Wildman–Crippen MR) is 122 cm³/mol. The minimum absolute atomic E-state index is 0.0485. The molecule has 26 heavy (non-hydrogen) atoms. The number of allylic oxidation sites excluding steroid dienone is 1. The van der Waals surface area contributed by atoms with Crippen LogP contribution in [0.5, 0.6) is 0 Å². The zero-order valence-electron chi connectivity index (χ0n) is 17.2. The van der Waals surface area contributed by atoms with Gasteiger partial charge in [0.05, 0.1) is 12.2 Å². The topological polar surface area (TPSA) is 29.5 Å². The molecular weight excluding hydrogens is 451 g/mol. The van der Waals surface area contributed by atoms with Crippen molar-refractivity contribution < 1.29 is 9.53 Å². The second kappa shape index (κ2) is 8.06. The fraction of sp³-hybridized carbons (Fsp3) is 0.636. The van der Waals surface area contributed by atoms with Gasteiger partial charge in [-0.05, 0) is 82.9 Å². The van der Waals surface area contributed by atoms with Crippen molar-refractivity contribution in [2.24, 2.45) is 11.3 Å². The SMILES string of the molecule is C=C[C@]1(C)C[C@@H]1C(O)CCC(O[Si](C)(C)C(C)(C)C)c1ccccc1I. The van der Waals surface area contributed by atoms with Crippen molar-refractivity contribution in [2.45, 2.75) is 77.3 Å². The zero-order chi connectivity index (χ0) is 19.8. The predicted octanol–water partition coefficient (Wildman–Crippen LogP) is 6.71. The summed E-state index contributed by atoms with van der Waals surface area (Å²) >= 11 is 2.40. The van der Waals surface area contributed by atoms with Gasteiger partial charge < -0.3 is 9.53 Å². The molecule has 1 aliphatic carbocycles. The third-order valence-electron chi connectivity index (χ3n) is 6.50. The fourth-order valence-corrected chi connectivity index (χ4v) is 5.34. The Morgan fingerprint density at radius 3 is 2.46 bits per heavy atom. The highest BCUT2D eigenvalue weighted by Crippen LogP contribution is 2.56. The van der Waals surface area contributed by atoms with Gasteiger partial charge >= 0.3 is 0 Å². The summed E-state index contributed by atoms with van der Waals surface area (Å²) in [6.07, 6.45) is 4.46. The monoisotopic (exact) mass is 486 g/mol. The molecule has 1 fully saturated rings. The molecule has 2 nitrogen and oxygen atoms in total. The van der Waals surface area contributed by atoms with Crippen molar-refractivity contribution in [2.75, 3.05) is 0 Å². The van der Waals surface area contributed by atoms with Crippen LogP contribution in [0.15, 0.2) is 36.9 Å². The fourth-order valence-electron chi connectivity index (χ4n) is 3.30. The van der Waals surface area contributed by atoms with Gasteiger partial charge in [0.1, 0.15) is 0 Å². The molecule has 0 saturated heterocycles. The van der Waals surface area contributed by atoms with Crippen LogP contribution < -0.4 is 0 Å². The minimum Gasteiger partial charge on any atom is -0.410 e. The van der Waals surface area contributed by atoms with Gasteiger partial charge in [-0.3, -0.25) is 0 Å². The maximum Gasteiger partial charge on any atom is 0.192 e. The Morgan fingerprint density at radius 2 is 1.96 bits per heavy atom. The van der Waals surface area contributed by atoms with E-state index < -0.39 is 8.32 Å². The smallest absolute Gasteiger partial charge is 0.192 e. The van der Waals surface area contributed by atoms with E-state index in [1.165, 1.54) is 9.13 Å². The Morgan fingerprint density at radius 1 is 1.35 bits per heavy atom. The van der Waals surface area contributed by atoms with E-state index >= 15 is 0 Å². The van der Waals surface area contributed by atoms with Gasteiger partial charge in [-0.15, -0.1) is 6.58 Å². The Balaban J connectivity index is 2.14. The lowest BCUT2D eigenvalue weighted by Crippen LogP contribution is -2.42. The summed E-state index contributed by atoms with van der Waals surface area (Å²) < 4.78 is 8.04. The van der Waals surface area contributed by atoms with Crippen molar-refractivity contribution in [1.82, 2.24) is 0 Å². The summed E-state index contributed by atoms with van der Waals surface area (Å²) in [4.78, 5) is 0. The van der Waals surface area contributed by atoms with E-state index in [2.05, 4.69) is 94.2 Å². The molecule has 1 aliphatic rings. The Kier molecular flexibility index (Phi) is 6.85. The maximum absolute atomic E-state index is 10.7. The van der Waals surface area contributed by atoms with Crippen LogP contribution in [-0.2, 0) is 4.43 Å². The standard InChI is InChI=1S/C22H35IO2Si/c1-8-22(5)15-17(22)19(24)13-14-20(16-11-9-10-12-18(16)23)25-26(6,7)21(2,3)4/h8-12,17,19-20,24H,1,13-15H2,2-7H3/t17-,19?,20?,22-/m1/s1. The molecule has 4 atom stereocenters. The summed E-state index contributed by atoms with van der Waals surface area (Å²) in [6.45, 7) is 17.6. The molecule has 0 aliphatic heterocycles. The highest BCUT2D eigenvalue weighted by molar-refractivity contribution is 14.1. The van der Waals surface area contributed by atoms with Crippen molar-refractivity contribution in [1.29, 1.82) is 0 Å². The van der Waals surface area contributed by atoms with E-state index in [0.717, 1.165) is 19.3 Å². The van der Waals surface area contributed by atoms with Crippen LogP contribution >= 0.6 is 22.6 Å². The first-order chi connectivity index (χ1) is 11.9. The number of aliphatic hydroxyl groups excluding tert-OH is 1. The van der Waals surface area contributed by atoms with Crippen molar-refractivity contribution >= 4 is 30.9 Å². The molecule has 0 aromatic heterocycles. The number of hydrogen-bond acceptors (Lipinski definition) is 2. The van der Waals surface area contributed by atoms with Crippen LogP contribution in [0, 0.1) is 14.9 Å². The van der Waals surface area contributed by atoms with Gasteiger partial charge in [-0.2, -0.15) is 0 Å². The van der Waals surface area contributed by atoms with Gasteiger partial charge in [-0.1, -0.05) is 52.0 Å². The van der Waals surface area contributed by atoms with Crippen molar-refractivity contribution in [3.8, 4) is 0 Å². The van der Waals surface area contributed by atoms with Crippen LogP contribution in [0.3, 0.4) is 0 Å². The van der Waals surface area contributed by atoms with Crippen LogP contribution in [0.4, 0.5) is 0 Å². The van der Waals surface area contributed by atoms with E-state index in [0.29, 0.717) is 5.92 Å². The number of benzene rings is 1. The number of aliphatic hydroxyl groups is 1. The highest BCUT2D eigenvalue weighted by Gasteiger charge is 2.51. The van der Waals surface area contributed by atoms with Crippen LogP contribution in [0.1, 0.15) is 58.6 Å². The number of hydrogen-bond donors (Lipinski definition) is 1. The molecule has 1 saturated carbocycles. The molecule has 4 heteroatoms. The van der Waals surface area contributed by atoms with Gasteiger partial charge in [0.2, 0.25) is 0 Å². The Hall–Kier alpha value is -0.173. The lowest BCUT2D eigenvalue weighted by Gasteiger charge is -2.40. The lowest BCUT2D eigenvalue weighted by atomic mass is 9.97. The second-order valence-corrected chi connectivity index (χ2v) is 15.5. The highest BCUT2D eigenvalue weighted by atomic mass is 127. The largest absolute Gasteiger partial charge is 0.410 e. The van der Waals surface area contributed by atoms with Crippen LogP contribution in [-0.4, -0.2) is 19.5 Å². The van der Waals surface area contributed by atoms with Gasteiger partial charge in [-0.25, -0.2) is 0 Å². The van der Waals surface area contributed by atoms with E-state index in [1.54, 1.807) is 0 Å². The third-order valence-corrected chi connectivity index (χ3v) is 12.0. The van der Waals surface area contributed by atoms with Gasteiger partial charge in [0, 0.05) is 3.57 Å². The molecule has 1 aromatic carbocycles. The number of halogens is 1. The summed E-state index contributed by atoms with van der Waals surface area (Å²) in [5, 5.41) is 10.9. The molecule has 0 amide bonds. The van der Waals surface area contributed by atoms with Gasteiger partial charge in [0.25, 0.3) is 0 Å². The Bertz CT molecular complexity index is 637. The molecular formula is C22H35IO2Si. The molecule has 0 heterocycles. The Labute approximate surface area is 174 Å². The molecule has 1 N–H and O–H groups in total. The van der Waals surface area contributed by atoms with Crippen molar-refractivity contribution in [3.63, 3.8) is 0 Å². The van der Waals surface area contributed by atoms with Crippen molar-refractivity contribution in [3.05, 3.63) is 46.1 Å². The minimum atomic E-state index is -1.89. The molecule has 146 valence electrons. The number of rotatable bonds is 8. The molecule has 0 spiro atoms. The summed E-state index contributed by atoms with van der Waals surface area (Å²) in [7, 11) is -1.89. The normalized spacial score (nSPS) is 25.6. The first-order valence-corrected chi connectivity index (χ1v) is 13.6. The maximum atomic E-state index is 10.7. The van der Waals surface area contributed by atoms with Crippen LogP contribution in [0.2, 0.25) is 18.1 Å². The first-order valence-electron chi connectivity index (χ1n) is 9.65. The summed E-state index contributed by atoms with van der Waals surface area (Å²) in [6, 6.07) is 8.48. The van der Waals surface area contributed by atoms with E-state index in [1.807, 2.05) is 6.08 Å². The second-order valence-electron chi connectivity index (χ2n) is 9.55. The quantitative estimate of drug-likeness (QED) is 0.252.